The Morgan fingerprint density at radius 3 is 1.81 bits per heavy atom. The van der Waals surface area contributed by atoms with Crippen LogP contribution in [-0.2, 0) is 28.6 Å². The number of nitrogens with zero attached hydrogens (tertiary/aromatic N) is 1. The Hall–Kier alpha value is -1.93. The summed E-state index contributed by atoms with van der Waals surface area (Å²) in [6.45, 7) is 0.180. The zero-order chi connectivity index (χ0) is 23.0. The third-order valence-corrected chi connectivity index (χ3v) is 5.66. The number of anilines is 1. The minimum atomic E-state index is -1.08. The first kappa shape index (κ1) is 25.3. The van der Waals surface area contributed by atoms with Gasteiger partial charge in [-0.1, -0.05) is 0 Å². The van der Waals surface area contributed by atoms with E-state index < -0.39 is 41.8 Å². The van der Waals surface area contributed by atoms with Crippen molar-refractivity contribution in [2.75, 3.05) is 51.1 Å². The van der Waals surface area contributed by atoms with Crippen LogP contribution in [0.5, 0.6) is 5.75 Å². The predicted molar refractivity (Wildman–Crippen MR) is 109 cm³/mol. The molecule has 31 heavy (non-hydrogen) atoms. The average Bonchev–Trinajstić information content (AvgIpc) is 2.90. The first-order valence-corrected chi connectivity index (χ1v) is 10.3. The van der Waals surface area contributed by atoms with Gasteiger partial charge in [-0.2, -0.15) is 0 Å². The number of rotatable bonds is 13. The van der Waals surface area contributed by atoms with Gasteiger partial charge in [0, 0.05) is 12.1 Å². The summed E-state index contributed by atoms with van der Waals surface area (Å²) in [7, 11) is 0. The first-order valence-electron chi connectivity index (χ1n) is 8.75. The van der Waals surface area contributed by atoms with Crippen molar-refractivity contribution in [3.05, 3.63) is 32.7 Å². The van der Waals surface area contributed by atoms with Crippen molar-refractivity contribution in [3.8, 4) is 5.75 Å². The molecule has 1 aliphatic heterocycles. The van der Waals surface area contributed by atoms with Crippen molar-refractivity contribution < 1.29 is 47.2 Å². The lowest BCUT2D eigenvalue weighted by molar-refractivity contribution is -0.142. The summed E-state index contributed by atoms with van der Waals surface area (Å²) in [6.07, 6.45) is 0. The number of carbonyl (C=O) groups excluding carboxylic acids is 2. The quantitative estimate of drug-likeness (QED) is 0.283. The standard InChI is InChI=1S/C18H17Br2F2NO8/c19-14-15(20)18(27)23(17(14)26)10-7-11(21)16(12(22)8-10)31-6-5-29-2-1-28-3-4-30-9-13(24)25/h7-8H,1-6,9H2,(H,24,25). The van der Waals surface area contributed by atoms with Crippen molar-refractivity contribution in [2.24, 2.45) is 0 Å². The summed E-state index contributed by atoms with van der Waals surface area (Å²) < 4.78 is 48.6. The Balaban J connectivity index is 1.73. The third-order valence-electron chi connectivity index (χ3n) is 3.66. The Morgan fingerprint density at radius 1 is 0.871 bits per heavy atom. The third kappa shape index (κ3) is 7.04. The minimum absolute atomic E-state index is 0.0203. The fraction of sp³-hybridized carbons (Fsp3) is 0.389. The molecular formula is C18H17Br2F2NO8. The number of halogens is 4. The Kier molecular flexibility index (Phi) is 9.96. The van der Waals surface area contributed by atoms with E-state index in [0.29, 0.717) is 4.90 Å². The molecule has 0 fully saturated rings. The Labute approximate surface area is 192 Å². The number of hydrogen-bond donors (Lipinski definition) is 1. The van der Waals surface area contributed by atoms with Crippen LogP contribution < -0.4 is 9.64 Å². The summed E-state index contributed by atoms with van der Waals surface area (Å²) in [4.78, 5) is 35.0. The van der Waals surface area contributed by atoms with Crippen molar-refractivity contribution in [1.82, 2.24) is 0 Å². The molecule has 0 aromatic heterocycles. The smallest absolute Gasteiger partial charge is 0.329 e. The maximum Gasteiger partial charge on any atom is 0.329 e. The molecule has 0 saturated heterocycles. The minimum Gasteiger partial charge on any atom is -0.485 e. The van der Waals surface area contributed by atoms with Gasteiger partial charge >= 0.3 is 5.97 Å². The molecule has 1 aliphatic rings. The lowest BCUT2D eigenvalue weighted by Gasteiger charge is -2.16. The van der Waals surface area contributed by atoms with E-state index in [1.807, 2.05) is 0 Å². The molecule has 2 amide bonds. The van der Waals surface area contributed by atoms with E-state index in [1.54, 1.807) is 0 Å². The van der Waals surface area contributed by atoms with Crippen LogP contribution in [0.4, 0.5) is 14.5 Å². The highest BCUT2D eigenvalue weighted by molar-refractivity contribution is 9.14. The number of carboxylic acids is 1. The van der Waals surface area contributed by atoms with Gasteiger partial charge in [0.05, 0.1) is 38.7 Å². The van der Waals surface area contributed by atoms with E-state index in [1.165, 1.54) is 0 Å². The SMILES string of the molecule is O=C(O)COCCOCCOCCOc1c(F)cc(N2C(=O)C(Br)=C(Br)C2=O)cc1F. The van der Waals surface area contributed by atoms with Crippen LogP contribution >= 0.6 is 31.9 Å². The highest BCUT2D eigenvalue weighted by Gasteiger charge is 2.37. The summed E-state index contributed by atoms with van der Waals surface area (Å²) in [5.74, 6) is -5.41. The van der Waals surface area contributed by atoms with Crippen LogP contribution in [0.15, 0.2) is 21.1 Å². The highest BCUT2D eigenvalue weighted by Crippen LogP contribution is 2.35. The number of amides is 2. The van der Waals surface area contributed by atoms with E-state index in [2.05, 4.69) is 31.9 Å². The van der Waals surface area contributed by atoms with Crippen molar-refractivity contribution in [2.45, 2.75) is 0 Å². The van der Waals surface area contributed by atoms with Crippen molar-refractivity contribution in [1.29, 1.82) is 0 Å². The molecule has 0 spiro atoms. The summed E-state index contributed by atoms with van der Waals surface area (Å²) >= 11 is 5.87. The molecule has 9 nitrogen and oxygen atoms in total. The summed E-state index contributed by atoms with van der Waals surface area (Å²) in [5.41, 5.74) is -0.274. The van der Waals surface area contributed by atoms with Crippen LogP contribution in [0.25, 0.3) is 0 Å². The van der Waals surface area contributed by atoms with E-state index in [-0.39, 0.29) is 54.3 Å². The summed E-state index contributed by atoms with van der Waals surface area (Å²) in [6, 6.07) is 1.64. The second-order valence-electron chi connectivity index (χ2n) is 5.83. The molecular weight excluding hydrogens is 556 g/mol. The van der Waals surface area contributed by atoms with Gasteiger partial charge in [0.1, 0.15) is 22.2 Å². The first-order chi connectivity index (χ1) is 14.7. The molecule has 13 heteroatoms. The molecule has 0 aliphatic carbocycles. The van der Waals surface area contributed by atoms with Gasteiger partial charge in [0.2, 0.25) is 0 Å². The zero-order valence-electron chi connectivity index (χ0n) is 15.9. The van der Waals surface area contributed by atoms with Crippen LogP contribution in [0.3, 0.4) is 0 Å². The zero-order valence-corrected chi connectivity index (χ0v) is 19.0. The number of carbonyl (C=O) groups is 3. The van der Waals surface area contributed by atoms with Gasteiger partial charge in [-0.05, 0) is 31.9 Å². The van der Waals surface area contributed by atoms with Crippen molar-refractivity contribution in [3.63, 3.8) is 0 Å². The van der Waals surface area contributed by atoms with Gasteiger partial charge in [0.25, 0.3) is 11.8 Å². The molecule has 1 heterocycles. The maximum atomic E-state index is 14.3. The largest absolute Gasteiger partial charge is 0.485 e. The molecule has 170 valence electrons. The lowest BCUT2D eigenvalue weighted by atomic mass is 10.2. The highest BCUT2D eigenvalue weighted by atomic mass is 79.9. The van der Waals surface area contributed by atoms with E-state index in [4.69, 9.17) is 24.1 Å². The molecule has 2 rings (SSSR count). The van der Waals surface area contributed by atoms with Crippen molar-refractivity contribution >= 4 is 55.3 Å². The fourth-order valence-corrected chi connectivity index (χ4v) is 3.02. The normalized spacial score (nSPS) is 14.0. The number of hydrogen-bond acceptors (Lipinski definition) is 7. The average molecular weight is 573 g/mol. The van der Waals surface area contributed by atoms with Crippen LogP contribution in [0.2, 0.25) is 0 Å². The van der Waals surface area contributed by atoms with E-state index >= 15 is 0 Å². The van der Waals surface area contributed by atoms with E-state index in [9.17, 15) is 23.2 Å². The predicted octanol–water partition coefficient (Wildman–Crippen LogP) is 2.35. The number of aliphatic carboxylic acids is 1. The number of carboxylic acid groups (broad SMARTS) is 1. The molecule has 0 saturated carbocycles. The van der Waals surface area contributed by atoms with Gasteiger partial charge in [-0.15, -0.1) is 0 Å². The second kappa shape index (κ2) is 12.2. The maximum absolute atomic E-state index is 14.3. The van der Waals surface area contributed by atoms with Crippen LogP contribution in [0.1, 0.15) is 0 Å². The van der Waals surface area contributed by atoms with Gasteiger partial charge < -0.3 is 24.1 Å². The molecule has 0 unspecified atom stereocenters. The Morgan fingerprint density at radius 2 is 1.32 bits per heavy atom. The fourth-order valence-electron chi connectivity index (χ4n) is 2.33. The van der Waals surface area contributed by atoms with Gasteiger partial charge in [0.15, 0.2) is 17.4 Å². The molecule has 0 radical (unpaired) electrons. The second-order valence-corrected chi connectivity index (χ2v) is 7.42. The number of imide groups is 1. The molecule has 0 atom stereocenters. The number of ether oxygens (including phenoxy) is 4. The summed E-state index contributed by atoms with van der Waals surface area (Å²) in [5, 5.41) is 8.38. The molecule has 0 bridgehead atoms. The number of benzene rings is 1. The van der Waals surface area contributed by atoms with Crippen LogP contribution in [-0.4, -0.2) is 69.1 Å². The van der Waals surface area contributed by atoms with Crippen LogP contribution in [0, 0.1) is 11.6 Å². The molecule has 1 N–H and O–H groups in total. The lowest BCUT2D eigenvalue weighted by Crippen LogP contribution is -2.31. The molecule has 1 aromatic rings. The van der Waals surface area contributed by atoms with Gasteiger partial charge in [-0.25, -0.2) is 18.5 Å². The van der Waals surface area contributed by atoms with Gasteiger partial charge in [-0.3, -0.25) is 9.59 Å². The Bertz CT molecular complexity index is 833. The topological polar surface area (TPSA) is 112 Å². The van der Waals surface area contributed by atoms with E-state index in [0.717, 1.165) is 12.1 Å². The monoisotopic (exact) mass is 571 g/mol. The molecule has 1 aromatic carbocycles.